The summed E-state index contributed by atoms with van der Waals surface area (Å²) in [7, 11) is 0. The van der Waals surface area contributed by atoms with Crippen LogP contribution in [-0.2, 0) is 0 Å². The van der Waals surface area contributed by atoms with Crippen molar-refractivity contribution in [1.29, 1.82) is 0 Å². The number of hydrogen-bond donors (Lipinski definition) is 0. The van der Waals surface area contributed by atoms with Gasteiger partial charge in [-0.05, 0) is 68.1 Å². The van der Waals surface area contributed by atoms with E-state index in [0.29, 0.717) is 0 Å². The molecule has 0 aromatic carbocycles. The normalized spacial score (nSPS) is 56.2. The van der Waals surface area contributed by atoms with Gasteiger partial charge in [-0.25, -0.2) is 0 Å². The maximum absolute atomic E-state index is 4.13. The van der Waals surface area contributed by atoms with Crippen molar-refractivity contribution in [3.05, 3.63) is 6.92 Å². The van der Waals surface area contributed by atoms with Crippen LogP contribution < -0.4 is 0 Å². The summed E-state index contributed by atoms with van der Waals surface area (Å²) in [6.45, 7) is 4.13. The molecule has 0 atom stereocenters. The summed E-state index contributed by atoms with van der Waals surface area (Å²) in [5.41, 5.74) is 0. The van der Waals surface area contributed by atoms with Crippen LogP contribution in [0.1, 0.15) is 38.5 Å². The minimum Gasteiger partial charge on any atom is -0.0530 e. The zero-order valence-electron chi connectivity index (χ0n) is 7.84. The molecule has 4 saturated carbocycles. The highest BCUT2D eigenvalue weighted by Gasteiger charge is 2.47. The number of rotatable bonds is 1. The highest BCUT2D eigenvalue weighted by atomic mass is 14.5. The average Bonchev–Trinajstić information content (AvgIpc) is 2.02. The molecular weight excluding hydrogens is 144 g/mol. The fourth-order valence-electron chi connectivity index (χ4n) is 4.51. The van der Waals surface area contributed by atoms with Gasteiger partial charge in [0.05, 0.1) is 0 Å². The Morgan fingerprint density at radius 3 is 1.75 bits per heavy atom. The van der Waals surface area contributed by atoms with Crippen molar-refractivity contribution >= 4 is 0 Å². The minimum absolute atomic E-state index is 1.03. The Morgan fingerprint density at radius 1 is 0.833 bits per heavy atom. The molecular formula is C12H19. The van der Waals surface area contributed by atoms with E-state index in [4.69, 9.17) is 0 Å². The molecule has 0 nitrogen and oxygen atoms in total. The fourth-order valence-corrected chi connectivity index (χ4v) is 4.51. The Balaban J connectivity index is 1.86. The maximum atomic E-state index is 4.13. The molecule has 4 aliphatic rings. The molecule has 4 rings (SSSR count). The molecule has 0 aromatic heterocycles. The van der Waals surface area contributed by atoms with Gasteiger partial charge in [0.2, 0.25) is 0 Å². The zero-order chi connectivity index (χ0) is 8.13. The lowest BCUT2D eigenvalue weighted by Gasteiger charge is -2.54. The van der Waals surface area contributed by atoms with Crippen LogP contribution in [0.5, 0.6) is 0 Å². The van der Waals surface area contributed by atoms with E-state index in [2.05, 4.69) is 6.92 Å². The molecule has 4 bridgehead atoms. The fraction of sp³-hybridized carbons (Fsp3) is 0.917. The van der Waals surface area contributed by atoms with Gasteiger partial charge in [-0.2, -0.15) is 0 Å². The van der Waals surface area contributed by atoms with Gasteiger partial charge in [-0.3, -0.25) is 0 Å². The van der Waals surface area contributed by atoms with Crippen molar-refractivity contribution in [2.24, 2.45) is 29.6 Å². The summed E-state index contributed by atoms with van der Waals surface area (Å²) in [5, 5.41) is 0. The third-order valence-corrected chi connectivity index (χ3v) is 4.76. The van der Waals surface area contributed by atoms with Crippen LogP contribution in [-0.4, -0.2) is 0 Å². The second-order valence-electron chi connectivity index (χ2n) is 5.38. The largest absolute Gasteiger partial charge is 0.0530 e. The van der Waals surface area contributed by atoms with E-state index in [0.717, 1.165) is 29.6 Å². The molecule has 0 N–H and O–H groups in total. The van der Waals surface area contributed by atoms with E-state index >= 15 is 0 Å². The van der Waals surface area contributed by atoms with E-state index in [9.17, 15) is 0 Å². The molecule has 0 aliphatic heterocycles. The lowest BCUT2D eigenvalue weighted by atomic mass is 9.51. The molecule has 0 amide bonds. The van der Waals surface area contributed by atoms with Gasteiger partial charge in [0.1, 0.15) is 0 Å². The van der Waals surface area contributed by atoms with Gasteiger partial charge in [-0.1, -0.05) is 6.92 Å². The topological polar surface area (TPSA) is 0 Å². The molecule has 0 saturated heterocycles. The van der Waals surface area contributed by atoms with Crippen molar-refractivity contribution in [3.63, 3.8) is 0 Å². The molecule has 0 heterocycles. The summed E-state index contributed by atoms with van der Waals surface area (Å²) in [6, 6.07) is 0. The van der Waals surface area contributed by atoms with E-state index < -0.39 is 0 Å². The molecule has 0 spiro atoms. The minimum atomic E-state index is 1.03. The summed E-state index contributed by atoms with van der Waals surface area (Å²) in [6.07, 6.45) is 9.05. The van der Waals surface area contributed by atoms with Crippen molar-refractivity contribution in [2.75, 3.05) is 0 Å². The monoisotopic (exact) mass is 163 g/mol. The first kappa shape index (κ1) is 7.41. The third-order valence-electron chi connectivity index (χ3n) is 4.76. The summed E-state index contributed by atoms with van der Waals surface area (Å²) in [4.78, 5) is 0. The van der Waals surface area contributed by atoms with Crippen LogP contribution in [0.15, 0.2) is 0 Å². The first-order valence-corrected chi connectivity index (χ1v) is 5.66. The molecule has 0 unspecified atom stereocenters. The Bertz CT molecular complexity index is 154. The third kappa shape index (κ3) is 0.900. The van der Waals surface area contributed by atoms with Crippen LogP contribution in [0.4, 0.5) is 0 Å². The molecule has 0 aromatic rings. The molecule has 0 heteroatoms. The van der Waals surface area contributed by atoms with Crippen LogP contribution in [0, 0.1) is 36.5 Å². The van der Waals surface area contributed by atoms with E-state index in [1.807, 2.05) is 0 Å². The SMILES string of the molecule is [CH2]CC1C2CC3CC(C2)CC1C3. The van der Waals surface area contributed by atoms with Gasteiger partial charge in [0.15, 0.2) is 0 Å². The predicted molar refractivity (Wildman–Crippen MR) is 50.5 cm³/mol. The highest BCUT2D eigenvalue weighted by molar-refractivity contribution is 4.97. The maximum Gasteiger partial charge on any atom is -0.0357 e. The predicted octanol–water partition coefficient (Wildman–Crippen LogP) is 3.28. The zero-order valence-corrected chi connectivity index (χ0v) is 7.84. The lowest BCUT2D eigenvalue weighted by molar-refractivity contribution is -0.0351. The average molecular weight is 163 g/mol. The van der Waals surface area contributed by atoms with E-state index in [-0.39, 0.29) is 0 Å². The Labute approximate surface area is 75.7 Å². The lowest BCUT2D eigenvalue weighted by Crippen LogP contribution is -2.44. The van der Waals surface area contributed by atoms with Crippen molar-refractivity contribution in [2.45, 2.75) is 38.5 Å². The summed E-state index contributed by atoms with van der Waals surface area (Å²) in [5.74, 6) is 5.49. The van der Waals surface area contributed by atoms with Crippen LogP contribution in [0.2, 0.25) is 0 Å². The first-order valence-electron chi connectivity index (χ1n) is 5.66. The van der Waals surface area contributed by atoms with E-state index in [1.54, 1.807) is 32.1 Å². The highest BCUT2D eigenvalue weighted by Crippen LogP contribution is 2.57. The van der Waals surface area contributed by atoms with Gasteiger partial charge in [0.25, 0.3) is 0 Å². The second kappa shape index (κ2) is 2.49. The summed E-state index contributed by atoms with van der Waals surface area (Å²) < 4.78 is 0. The first-order chi connectivity index (χ1) is 5.86. The van der Waals surface area contributed by atoms with Crippen LogP contribution >= 0.6 is 0 Å². The quantitative estimate of drug-likeness (QED) is 0.556. The van der Waals surface area contributed by atoms with E-state index in [1.165, 1.54) is 6.42 Å². The molecule has 12 heavy (non-hydrogen) atoms. The molecule has 4 fully saturated rings. The summed E-state index contributed by atoms with van der Waals surface area (Å²) >= 11 is 0. The molecule has 67 valence electrons. The number of hydrogen-bond acceptors (Lipinski definition) is 0. The van der Waals surface area contributed by atoms with Gasteiger partial charge in [-0.15, -0.1) is 0 Å². The Kier molecular flexibility index (Phi) is 1.54. The van der Waals surface area contributed by atoms with Crippen LogP contribution in [0.25, 0.3) is 0 Å². The Hall–Kier alpha value is 0. The van der Waals surface area contributed by atoms with Crippen molar-refractivity contribution in [1.82, 2.24) is 0 Å². The van der Waals surface area contributed by atoms with Crippen LogP contribution in [0.3, 0.4) is 0 Å². The molecule has 1 radical (unpaired) electrons. The van der Waals surface area contributed by atoms with Crippen molar-refractivity contribution < 1.29 is 0 Å². The van der Waals surface area contributed by atoms with Gasteiger partial charge < -0.3 is 0 Å². The van der Waals surface area contributed by atoms with Crippen molar-refractivity contribution in [3.8, 4) is 0 Å². The second-order valence-corrected chi connectivity index (χ2v) is 5.38. The molecule has 4 aliphatic carbocycles. The Morgan fingerprint density at radius 2 is 1.33 bits per heavy atom. The van der Waals surface area contributed by atoms with Gasteiger partial charge in [0, 0.05) is 0 Å². The standard InChI is InChI=1S/C12H19/c1-2-12-10-4-8-3-9(6-10)7-11(12)5-8/h8-12H,1-7H2. The smallest absolute Gasteiger partial charge is 0.0357 e. The van der Waals surface area contributed by atoms with Gasteiger partial charge >= 0.3 is 0 Å².